The van der Waals surface area contributed by atoms with Crippen molar-refractivity contribution >= 4 is 11.6 Å². The maximum Gasteiger partial charge on any atom is 0.213 e. The number of para-hydroxylation sites is 1. The van der Waals surface area contributed by atoms with Crippen LogP contribution in [0.2, 0.25) is 0 Å². The van der Waals surface area contributed by atoms with Gasteiger partial charge in [0.15, 0.2) is 0 Å². The maximum atomic E-state index is 5.59. The van der Waals surface area contributed by atoms with Crippen molar-refractivity contribution in [2.75, 3.05) is 6.54 Å². The first kappa shape index (κ1) is 11.9. The van der Waals surface area contributed by atoms with E-state index in [9.17, 15) is 0 Å². The Balaban J connectivity index is 2.18. The number of aliphatic imine (C=N–C) groups is 1. The Morgan fingerprint density at radius 2 is 2.24 bits per heavy atom. The molecule has 1 aliphatic heterocycles. The molecule has 4 heteroatoms. The molecular formula is C13H20N4. The van der Waals surface area contributed by atoms with Gasteiger partial charge in [0.2, 0.25) is 5.96 Å². The zero-order valence-electron chi connectivity index (χ0n) is 10.3. The van der Waals surface area contributed by atoms with E-state index in [4.69, 9.17) is 5.84 Å². The molecule has 0 spiro atoms. The topological polar surface area (TPSA) is 53.6 Å². The fourth-order valence-electron chi connectivity index (χ4n) is 2.34. The summed E-state index contributed by atoms with van der Waals surface area (Å²) in [6.07, 6.45) is 3.58. The van der Waals surface area contributed by atoms with Crippen LogP contribution in [0.25, 0.3) is 0 Å². The number of benzene rings is 1. The van der Waals surface area contributed by atoms with Crippen molar-refractivity contribution in [1.29, 1.82) is 0 Å². The number of hydrogen-bond donors (Lipinski definition) is 2. The molecule has 1 unspecified atom stereocenters. The molecule has 1 aromatic rings. The van der Waals surface area contributed by atoms with Crippen LogP contribution >= 0.6 is 0 Å². The van der Waals surface area contributed by atoms with Crippen LogP contribution in [0.15, 0.2) is 35.3 Å². The standard InChI is InChI=1S/C13H20N4/c1-2-12-9-6-10-17(12)13(16-14)15-11-7-4-3-5-8-11/h3-5,7-8,12H,2,6,9-10,14H2,1H3,(H,15,16). The average Bonchev–Trinajstić information content (AvgIpc) is 2.85. The zero-order valence-corrected chi connectivity index (χ0v) is 10.3. The average molecular weight is 232 g/mol. The van der Waals surface area contributed by atoms with Crippen LogP contribution in [-0.2, 0) is 0 Å². The second-order valence-electron chi connectivity index (χ2n) is 4.31. The van der Waals surface area contributed by atoms with Crippen molar-refractivity contribution in [3.63, 3.8) is 0 Å². The minimum Gasteiger partial charge on any atom is -0.339 e. The molecule has 92 valence electrons. The number of nitrogens with one attached hydrogen (secondary N) is 1. The van der Waals surface area contributed by atoms with Crippen LogP contribution in [0.4, 0.5) is 5.69 Å². The quantitative estimate of drug-likeness (QED) is 0.355. The second kappa shape index (κ2) is 5.68. The van der Waals surface area contributed by atoms with E-state index < -0.39 is 0 Å². The number of hydrazine groups is 1. The minimum absolute atomic E-state index is 0.563. The summed E-state index contributed by atoms with van der Waals surface area (Å²) in [5.74, 6) is 6.37. The molecule has 1 aliphatic rings. The molecule has 3 N–H and O–H groups in total. The van der Waals surface area contributed by atoms with Gasteiger partial charge in [-0.1, -0.05) is 25.1 Å². The Bertz CT molecular complexity index is 374. The first-order valence-corrected chi connectivity index (χ1v) is 6.22. The van der Waals surface area contributed by atoms with Crippen molar-refractivity contribution in [3.8, 4) is 0 Å². The van der Waals surface area contributed by atoms with Crippen LogP contribution in [0, 0.1) is 0 Å². The smallest absolute Gasteiger partial charge is 0.213 e. The predicted octanol–water partition coefficient (Wildman–Crippen LogP) is 2.01. The van der Waals surface area contributed by atoms with E-state index in [0.717, 1.165) is 24.6 Å². The van der Waals surface area contributed by atoms with Crippen LogP contribution < -0.4 is 11.3 Å². The molecule has 0 aromatic heterocycles. The highest BCUT2D eigenvalue weighted by molar-refractivity contribution is 5.82. The summed E-state index contributed by atoms with van der Waals surface area (Å²) >= 11 is 0. The number of hydrogen-bond acceptors (Lipinski definition) is 2. The van der Waals surface area contributed by atoms with Crippen LogP contribution in [0.1, 0.15) is 26.2 Å². The van der Waals surface area contributed by atoms with E-state index in [1.54, 1.807) is 0 Å². The van der Waals surface area contributed by atoms with E-state index in [0.29, 0.717) is 6.04 Å². The molecule has 1 fully saturated rings. The lowest BCUT2D eigenvalue weighted by atomic mass is 10.2. The van der Waals surface area contributed by atoms with Gasteiger partial charge in [-0.3, -0.25) is 5.43 Å². The Morgan fingerprint density at radius 1 is 1.47 bits per heavy atom. The van der Waals surface area contributed by atoms with Crippen molar-refractivity contribution in [3.05, 3.63) is 30.3 Å². The summed E-state index contributed by atoms with van der Waals surface area (Å²) < 4.78 is 0. The predicted molar refractivity (Wildman–Crippen MR) is 70.9 cm³/mol. The van der Waals surface area contributed by atoms with E-state index in [2.05, 4.69) is 22.2 Å². The van der Waals surface area contributed by atoms with Gasteiger partial charge in [0.1, 0.15) is 0 Å². The summed E-state index contributed by atoms with van der Waals surface area (Å²) in [7, 11) is 0. The molecule has 0 bridgehead atoms. The number of rotatable bonds is 2. The van der Waals surface area contributed by atoms with E-state index >= 15 is 0 Å². The molecule has 0 amide bonds. The Morgan fingerprint density at radius 3 is 2.88 bits per heavy atom. The fraction of sp³-hybridized carbons (Fsp3) is 0.462. The number of nitrogens with two attached hydrogens (primary N) is 1. The second-order valence-corrected chi connectivity index (χ2v) is 4.31. The monoisotopic (exact) mass is 232 g/mol. The van der Waals surface area contributed by atoms with Crippen molar-refractivity contribution < 1.29 is 0 Å². The van der Waals surface area contributed by atoms with Gasteiger partial charge in [-0.2, -0.15) is 0 Å². The molecule has 1 heterocycles. The SMILES string of the molecule is CCC1CCCN1C(=Nc1ccccc1)NN. The Labute approximate surface area is 102 Å². The van der Waals surface area contributed by atoms with Crippen LogP contribution in [0.3, 0.4) is 0 Å². The van der Waals surface area contributed by atoms with Gasteiger partial charge in [-0.25, -0.2) is 10.8 Å². The van der Waals surface area contributed by atoms with Crippen molar-refractivity contribution in [1.82, 2.24) is 10.3 Å². The van der Waals surface area contributed by atoms with Crippen LogP contribution in [-0.4, -0.2) is 23.4 Å². The molecule has 1 atom stereocenters. The number of nitrogens with zero attached hydrogens (tertiary/aromatic N) is 2. The third-order valence-electron chi connectivity index (χ3n) is 3.24. The third kappa shape index (κ3) is 2.77. The van der Waals surface area contributed by atoms with Gasteiger partial charge in [0.05, 0.1) is 5.69 Å². The van der Waals surface area contributed by atoms with Crippen LogP contribution in [0.5, 0.6) is 0 Å². The summed E-state index contributed by atoms with van der Waals surface area (Å²) in [5.41, 5.74) is 3.67. The van der Waals surface area contributed by atoms with E-state index in [1.807, 2.05) is 30.3 Å². The summed E-state index contributed by atoms with van der Waals surface area (Å²) in [6.45, 7) is 3.24. The van der Waals surface area contributed by atoms with Gasteiger partial charge < -0.3 is 4.90 Å². The normalized spacial score (nSPS) is 20.7. The zero-order chi connectivity index (χ0) is 12.1. The molecule has 0 saturated carbocycles. The summed E-state index contributed by atoms with van der Waals surface area (Å²) in [5, 5.41) is 0. The lowest BCUT2D eigenvalue weighted by Crippen LogP contribution is -2.46. The maximum absolute atomic E-state index is 5.59. The van der Waals surface area contributed by atoms with E-state index in [-0.39, 0.29) is 0 Å². The Kier molecular flexibility index (Phi) is 3.98. The molecule has 17 heavy (non-hydrogen) atoms. The highest BCUT2D eigenvalue weighted by Crippen LogP contribution is 2.21. The third-order valence-corrected chi connectivity index (χ3v) is 3.24. The fourth-order valence-corrected chi connectivity index (χ4v) is 2.34. The molecular weight excluding hydrogens is 212 g/mol. The van der Waals surface area contributed by atoms with Crippen molar-refractivity contribution in [2.24, 2.45) is 10.8 Å². The van der Waals surface area contributed by atoms with Gasteiger partial charge in [0.25, 0.3) is 0 Å². The first-order valence-electron chi connectivity index (χ1n) is 6.22. The largest absolute Gasteiger partial charge is 0.339 e. The minimum atomic E-state index is 0.563. The van der Waals surface area contributed by atoms with E-state index in [1.165, 1.54) is 12.8 Å². The summed E-state index contributed by atoms with van der Waals surface area (Å²) in [4.78, 5) is 6.83. The highest BCUT2D eigenvalue weighted by Gasteiger charge is 2.25. The molecule has 1 aromatic carbocycles. The van der Waals surface area contributed by atoms with Gasteiger partial charge in [0, 0.05) is 12.6 Å². The number of guanidine groups is 1. The lowest BCUT2D eigenvalue weighted by Gasteiger charge is -2.26. The number of likely N-dealkylation sites (tertiary alicyclic amines) is 1. The Hall–Kier alpha value is -1.55. The molecule has 2 rings (SSSR count). The van der Waals surface area contributed by atoms with Crippen molar-refractivity contribution in [2.45, 2.75) is 32.2 Å². The van der Waals surface area contributed by atoms with Gasteiger partial charge in [-0.15, -0.1) is 0 Å². The highest BCUT2D eigenvalue weighted by atomic mass is 15.4. The lowest BCUT2D eigenvalue weighted by molar-refractivity contribution is 0.367. The first-order chi connectivity index (χ1) is 8.35. The molecule has 0 aliphatic carbocycles. The molecule has 4 nitrogen and oxygen atoms in total. The molecule has 1 saturated heterocycles. The molecule has 0 radical (unpaired) electrons. The van der Waals surface area contributed by atoms with Gasteiger partial charge >= 0.3 is 0 Å². The van der Waals surface area contributed by atoms with Gasteiger partial charge in [-0.05, 0) is 31.4 Å². The summed E-state index contributed by atoms with van der Waals surface area (Å²) in [6, 6.07) is 10.5.